The average molecular weight is 214 g/mol. The molecule has 0 aliphatic carbocycles. The molecule has 1 heterocycles. The average Bonchev–Trinajstić information content (AvgIpc) is 2.39. The molecule has 1 atom stereocenters. The van der Waals surface area contributed by atoms with Crippen LogP contribution >= 0.6 is 0 Å². The summed E-state index contributed by atoms with van der Waals surface area (Å²) < 4.78 is 0. The van der Waals surface area contributed by atoms with Crippen molar-refractivity contribution in [1.29, 1.82) is 0 Å². The van der Waals surface area contributed by atoms with Crippen LogP contribution in [0.15, 0.2) is 0 Å². The number of nitrogens with zero attached hydrogens (tertiary/aromatic N) is 2. The van der Waals surface area contributed by atoms with Crippen molar-refractivity contribution in [1.82, 2.24) is 9.80 Å². The van der Waals surface area contributed by atoms with Crippen molar-refractivity contribution in [3.05, 3.63) is 0 Å². The minimum atomic E-state index is -0.633. The van der Waals surface area contributed by atoms with Crippen molar-refractivity contribution in [2.45, 2.75) is 19.3 Å². The number of carboxylic acid groups (broad SMARTS) is 1. The molecular formula is C11H22N2O2. The van der Waals surface area contributed by atoms with Crippen molar-refractivity contribution in [2.24, 2.45) is 5.92 Å². The number of hydrogen-bond acceptors (Lipinski definition) is 3. The topological polar surface area (TPSA) is 43.8 Å². The summed E-state index contributed by atoms with van der Waals surface area (Å²) in [5.41, 5.74) is 0. The van der Waals surface area contributed by atoms with E-state index in [1.807, 2.05) is 14.1 Å². The van der Waals surface area contributed by atoms with Crippen LogP contribution in [-0.4, -0.2) is 61.2 Å². The number of carboxylic acids is 1. The number of aliphatic carboxylic acids is 1. The lowest BCUT2D eigenvalue weighted by Gasteiger charge is -2.23. The highest BCUT2D eigenvalue weighted by Crippen LogP contribution is 2.16. The molecule has 0 amide bonds. The van der Waals surface area contributed by atoms with Crippen LogP contribution in [0.2, 0.25) is 0 Å². The summed E-state index contributed by atoms with van der Waals surface area (Å²) in [6.07, 6.45) is 3.03. The third kappa shape index (κ3) is 4.62. The maximum Gasteiger partial charge on any atom is 0.307 e. The van der Waals surface area contributed by atoms with Gasteiger partial charge in [-0.3, -0.25) is 4.79 Å². The summed E-state index contributed by atoms with van der Waals surface area (Å²) in [5.74, 6) is -0.790. The van der Waals surface area contributed by atoms with E-state index in [9.17, 15) is 4.79 Å². The number of likely N-dealkylation sites (N-methyl/N-ethyl adjacent to an activating group) is 1. The molecule has 15 heavy (non-hydrogen) atoms. The second-order valence-corrected chi connectivity index (χ2v) is 4.63. The summed E-state index contributed by atoms with van der Waals surface area (Å²) in [5, 5.41) is 9.02. The minimum absolute atomic E-state index is 0.158. The fourth-order valence-corrected chi connectivity index (χ4v) is 1.97. The quantitative estimate of drug-likeness (QED) is 0.749. The summed E-state index contributed by atoms with van der Waals surface area (Å²) >= 11 is 0. The third-order valence-electron chi connectivity index (χ3n) is 2.97. The third-order valence-corrected chi connectivity index (χ3v) is 2.97. The van der Waals surface area contributed by atoms with E-state index in [0.717, 1.165) is 45.4 Å². The zero-order chi connectivity index (χ0) is 11.3. The molecule has 4 heteroatoms. The largest absolute Gasteiger partial charge is 0.481 e. The molecule has 0 bridgehead atoms. The molecule has 88 valence electrons. The van der Waals surface area contributed by atoms with Gasteiger partial charge in [-0.1, -0.05) is 6.42 Å². The molecule has 0 spiro atoms. The second kappa shape index (κ2) is 6.08. The van der Waals surface area contributed by atoms with E-state index in [1.165, 1.54) is 0 Å². The van der Waals surface area contributed by atoms with Crippen molar-refractivity contribution in [3.8, 4) is 0 Å². The van der Waals surface area contributed by atoms with Gasteiger partial charge in [0.1, 0.15) is 0 Å². The van der Waals surface area contributed by atoms with E-state index in [1.54, 1.807) is 0 Å². The number of hydrogen-bond donors (Lipinski definition) is 1. The van der Waals surface area contributed by atoms with Gasteiger partial charge in [0, 0.05) is 19.6 Å². The van der Waals surface area contributed by atoms with Gasteiger partial charge in [-0.2, -0.15) is 0 Å². The lowest BCUT2D eigenvalue weighted by atomic mass is 10.0. The Balaban J connectivity index is 2.39. The molecule has 1 rings (SSSR count). The first-order valence-corrected chi connectivity index (χ1v) is 5.69. The molecule has 0 aromatic carbocycles. The Morgan fingerprint density at radius 1 is 1.47 bits per heavy atom. The second-order valence-electron chi connectivity index (χ2n) is 4.63. The first-order chi connectivity index (χ1) is 7.09. The van der Waals surface area contributed by atoms with Gasteiger partial charge >= 0.3 is 5.97 Å². The van der Waals surface area contributed by atoms with Gasteiger partial charge in [-0.05, 0) is 33.5 Å². The Kier molecular flexibility index (Phi) is 5.05. The van der Waals surface area contributed by atoms with E-state index in [-0.39, 0.29) is 5.92 Å². The first-order valence-electron chi connectivity index (χ1n) is 5.69. The predicted molar refractivity (Wildman–Crippen MR) is 60.0 cm³/mol. The standard InChI is InChI=1S/C11H22N2O2/c1-12(2)7-8-13-6-4-3-5-10(9-13)11(14)15/h10H,3-9H2,1-2H3,(H,14,15). The molecule has 1 unspecified atom stereocenters. The Hall–Kier alpha value is -0.610. The van der Waals surface area contributed by atoms with Crippen LogP contribution in [0.5, 0.6) is 0 Å². The summed E-state index contributed by atoms with van der Waals surface area (Å²) in [4.78, 5) is 15.4. The lowest BCUT2D eigenvalue weighted by Crippen LogP contribution is -2.36. The number of likely N-dealkylation sites (tertiary alicyclic amines) is 1. The van der Waals surface area contributed by atoms with Crippen molar-refractivity contribution >= 4 is 5.97 Å². The zero-order valence-corrected chi connectivity index (χ0v) is 9.78. The normalized spacial score (nSPS) is 24.1. The van der Waals surface area contributed by atoms with Crippen LogP contribution in [0.25, 0.3) is 0 Å². The van der Waals surface area contributed by atoms with Crippen LogP contribution in [0, 0.1) is 5.92 Å². The van der Waals surface area contributed by atoms with Gasteiger partial charge in [-0.25, -0.2) is 0 Å². The molecule has 4 nitrogen and oxygen atoms in total. The molecule has 0 aromatic rings. The van der Waals surface area contributed by atoms with Crippen molar-refractivity contribution in [3.63, 3.8) is 0 Å². The monoisotopic (exact) mass is 214 g/mol. The molecule has 1 fully saturated rings. The molecule has 1 aliphatic heterocycles. The number of rotatable bonds is 4. The summed E-state index contributed by atoms with van der Waals surface area (Å²) in [7, 11) is 4.10. The fraction of sp³-hybridized carbons (Fsp3) is 0.909. The summed E-state index contributed by atoms with van der Waals surface area (Å²) in [6, 6.07) is 0. The fourth-order valence-electron chi connectivity index (χ4n) is 1.97. The highest BCUT2D eigenvalue weighted by Gasteiger charge is 2.23. The van der Waals surface area contributed by atoms with Gasteiger partial charge in [0.05, 0.1) is 5.92 Å². The van der Waals surface area contributed by atoms with Crippen LogP contribution in [0.1, 0.15) is 19.3 Å². The smallest absolute Gasteiger partial charge is 0.307 e. The lowest BCUT2D eigenvalue weighted by molar-refractivity contribution is -0.142. The SMILES string of the molecule is CN(C)CCN1CCCCC(C(=O)O)C1. The molecule has 0 aromatic heterocycles. The predicted octanol–water partition coefficient (Wildman–Crippen LogP) is 0.735. The van der Waals surface area contributed by atoms with E-state index in [2.05, 4.69) is 9.80 Å². The van der Waals surface area contributed by atoms with E-state index in [4.69, 9.17) is 5.11 Å². The van der Waals surface area contributed by atoms with Gasteiger partial charge in [-0.15, -0.1) is 0 Å². The molecule has 1 aliphatic rings. The maximum atomic E-state index is 11.0. The van der Waals surface area contributed by atoms with Crippen molar-refractivity contribution < 1.29 is 9.90 Å². The van der Waals surface area contributed by atoms with Gasteiger partial charge < -0.3 is 14.9 Å². The number of carbonyl (C=O) groups is 1. The van der Waals surface area contributed by atoms with Crippen LogP contribution in [-0.2, 0) is 4.79 Å². The minimum Gasteiger partial charge on any atom is -0.481 e. The molecule has 0 radical (unpaired) electrons. The van der Waals surface area contributed by atoms with E-state index >= 15 is 0 Å². The summed E-state index contributed by atoms with van der Waals surface area (Å²) in [6.45, 7) is 3.77. The van der Waals surface area contributed by atoms with Crippen molar-refractivity contribution in [2.75, 3.05) is 40.3 Å². The maximum absolute atomic E-state index is 11.0. The Morgan fingerprint density at radius 3 is 2.80 bits per heavy atom. The zero-order valence-electron chi connectivity index (χ0n) is 9.78. The Labute approximate surface area is 91.9 Å². The molecule has 1 saturated heterocycles. The van der Waals surface area contributed by atoms with Crippen LogP contribution < -0.4 is 0 Å². The highest BCUT2D eigenvalue weighted by atomic mass is 16.4. The van der Waals surface area contributed by atoms with E-state index < -0.39 is 5.97 Å². The van der Waals surface area contributed by atoms with Gasteiger partial charge in [0.2, 0.25) is 0 Å². The molecule has 0 saturated carbocycles. The molecule has 1 N–H and O–H groups in total. The van der Waals surface area contributed by atoms with Crippen LogP contribution in [0.3, 0.4) is 0 Å². The van der Waals surface area contributed by atoms with Crippen LogP contribution in [0.4, 0.5) is 0 Å². The Morgan fingerprint density at radius 2 is 2.20 bits per heavy atom. The van der Waals surface area contributed by atoms with Gasteiger partial charge in [0.25, 0.3) is 0 Å². The Bertz CT molecular complexity index is 207. The van der Waals surface area contributed by atoms with Gasteiger partial charge in [0.15, 0.2) is 0 Å². The van der Waals surface area contributed by atoms with E-state index in [0.29, 0.717) is 0 Å². The highest BCUT2D eigenvalue weighted by molar-refractivity contribution is 5.70. The molecular weight excluding hydrogens is 192 g/mol. The first kappa shape index (κ1) is 12.5.